The first-order chi connectivity index (χ1) is 12.1. The largest absolute Gasteiger partial charge is 0.507 e. The van der Waals surface area contributed by atoms with Gasteiger partial charge < -0.3 is 14.8 Å². The van der Waals surface area contributed by atoms with Crippen LogP contribution in [0.4, 0.5) is 4.39 Å². The molecular formula is C22H26FNO2. The lowest BCUT2D eigenvalue weighted by Gasteiger charge is -2.22. The quantitative estimate of drug-likeness (QED) is 0.674. The summed E-state index contributed by atoms with van der Waals surface area (Å²) in [6.45, 7) is 9.44. The van der Waals surface area contributed by atoms with Crippen molar-refractivity contribution in [2.45, 2.75) is 52.6 Å². The lowest BCUT2D eigenvalue weighted by molar-refractivity contribution is 0.0793. The fourth-order valence-electron chi connectivity index (χ4n) is 3.67. The van der Waals surface area contributed by atoms with Crippen LogP contribution >= 0.6 is 0 Å². The highest BCUT2D eigenvalue weighted by Gasteiger charge is 2.26. The van der Waals surface area contributed by atoms with Crippen molar-refractivity contribution in [3.05, 3.63) is 59.0 Å². The summed E-state index contributed by atoms with van der Waals surface area (Å²) in [5.74, 6) is 0.132. The lowest BCUT2D eigenvalue weighted by atomic mass is 9.93. The van der Waals surface area contributed by atoms with Gasteiger partial charge in [0, 0.05) is 23.2 Å². The van der Waals surface area contributed by atoms with Crippen LogP contribution in [0.25, 0.3) is 16.6 Å². The zero-order valence-corrected chi connectivity index (χ0v) is 16.0. The van der Waals surface area contributed by atoms with Crippen LogP contribution < -0.4 is 0 Å². The molecule has 1 heterocycles. The summed E-state index contributed by atoms with van der Waals surface area (Å²) >= 11 is 0. The van der Waals surface area contributed by atoms with E-state index in [4.69, 9.17) is 0 Å². The summed E-state index contributed by atoms with van der Waals surface area (Å²) < 4.78 is 15.8. The van der Waals surface area contributed by atoms with Gasteiger partial charge in [-0.05, 0) is 68.1 Å². The standard InChI is InChI=1S/C22H26FNO2/c1-13(2)20-18(12-22(4,5)26)24(15-9-10-16(23)14(3)11-15)17-7-6-8-19(25)21(17)20/h6-11,13,25-26H,12H2,1-5H3. The molecule has 0 aliphatic rings. The molecule has 4 heteroatoms. The smallest absolute Gasteiger partial charge is 0.126 e. The topological polar surface area (TPSA) is 45.4 Å². The van der Waals surface area contributed by atoms with Crippen molar-refractivity contribution in [1.82, 2.24) is 4.57 Å². The minimum absolute atomic E-state index is 0.158. The zero-order valence-electron chi connectivity index (χ0n) is 16.0. The van der Waals surface area contributed by atoms with Gasteiger partial charge in [0.05, 0.1) is 11.1 Å². The maximum Gasteiger partial charge on any atom is 0.126 e. The molecule has 1 aromatic heterocycles. The van der Waals surface area contributed by atoms with Crippen molar-refractivity contribution >= 4 is 10.9 Å². The highest BCUT2D eigenvalue weighted by molar-refractivity contribution is 5.93. The average molecular weight is 355 g/mol. The van der Waals surface area contributed by atoms with E-state index in [2.05, 4.69) is 13.8 Å². The molecule has 2 aromatic carbocycles. The van der Waals surface area contributed by atoms with Gasteiger partial charge in [-0.3, -0.25) is 0 Å². The van der Waals surface area contributed by atoms with Crippen LogP contribution in [-0.4, -0.2) is 20.4 Å². The summed E-state index contributed by atoms with van der Waals surface area (Å²) in [5, 5.41) is 21.8. The molecule has 2 N–H and O–H groups in total. The Kier molecular flexibility index (Phi) is 4.57. The first-order valence-electron chi connectivity index (χ1n) is 8.94. The van der Waals surface area contributed by atoms with Crippen LogP contribution in [0.3, 0.4) is 0 Å². The molecule has 0 aliphatic carbocycles. The number of aromatic nitrogens is 1. The van der Waals surface area contributed by atoms with E-state index in [0.29, 0.717) is 12.0 Å². The van der Waals surface area contributed by atoms with Crippen molar-refractivity contribution in [3.8, 4) is 11.4 Å². The second-order valence-electron chi connectivity index (χ2n) is 7.94. The number of rotatable bonds is 4. The van der Waals surface area contributed by atoms with E-state index in [1.54, 1.807) is 39.0 Å². The lowest BCUT2D eigenvalue weighted by Crippen LogP contribution is -2.24. The predicted molar refractivity (Wildman–Crippen MR) is 104 cm³/mol. The summed E-state index contributed by atoms with van der Waals surface area (Å²) in [7, 11) is 0. The van der Waals surface area contributed by atoms with E-state index in [-0.39, 0.29) is 17.5 Å². The van der Waals surface area contributed by atoms with Crippen molar-refractivity contribution in [3.63, 3.8) is 0 Å². The molecule has 0 bridgehead atoms. The van der Waals surface area contributed by atoms with Gasteiger partial charge in [0.25, 0.3) is 0 Å². The Morgan fingerprint density at radius 1 is 1.15 bits per heavy atom. The van der Waals surface area contributed by atoms with Gasteiger partial charge in [0.15, 0.2) is 0 Å². The molecule has 0 saturated carbocycles. The zero-order chi connectivity index (χ0) is 19.2. The molecule has 3 nitrogen and oxygen atoms in total. The maximum atomic E-state index is 13.8. The van der Waals surface area contributed by atoms with Crippen LogP contribution in [0.5, 0.6) is 5.75 Å². The molecule has 0 atom stereocenters. The molecule has 0 spiro atoms. The molecule has 0 saturated heterocycles. The predicted octanol–water partition coefficient (Wildman–Crippen LogP) is 5.22. The molecule has 138 valence electrons. The van der Waals surface area contributed by atoms with Crippen LogP contribution in [0.1, 0.15) is 50.4 Å². The number of benzene rings is 2. The number of aryl methyl sites for hydroxylation is 1. The summed E-state index contributed by atoms with van der Waals surface area (Å²) in [4.78, 5) is 0. The van der Waals surface area contributed by atoms with Crippen LogP contribution in [0, 0.1) is 12.7 Å². The highest BCUT2D eigenvalue weighted by atomic mass is 19.1. The molecule has 26 heavy (non-hydrogen) atoms. The molecule has 0 aliphatic heterocycles. The van der Waals surface area contributed by atoms with Crippen molar-refractivity contribution in [1.29, 1.82) is 0 Å². The van der Waals surface area contributed by atoms with Crippen molar-refractivity contribution in [2.24, 2.45) is 0 Å². The Hall–Kier alpha value is -2.33. The third-order valence-electron chi connectivity index (χ3n) is 4.69. The molecule has 0 unspecified atom stereocenters. The van der Waals surface area contributed by atoms with E-state index < -0.39 is 5.60 Å². The summed E-state index contributed by atoms with van der Waals surface area (Å²) in [6, 6.07) is 10.4. The second-order valence-corrected chi connectivity index (χ2v) is 7.94. The van der Waals surface area contributed by atoms with E-state index in [1.165, 1.54) is 6.07 Å². The minimum atomic E-state index is -0.916. The second kappa shape index (κ2) is 6.44. The number of nitrogens with zero attached hydrogens (tertiary/aromatic N) is 1. The normalized spacial score (nSPS) is 12.3. The monoisotopic (exact) mass is 355 g/mol. The number of hydrogen-bond donors (Lipinski definition) is 2. The van der Waals surface area contributed by atoms with E-state index >= 15 is 0 Å². The number of fused-ring (bicyclic) bond motifs is 1. The van der Waals surface area contributed by atoms with Gasteiger partial charge in [0.2, 0.25) is 0 Å². The van der Waals surface area contributed by atoms with Gasteiger partial charge >= 0.3 is 0 Å². The fraction of sp³-hybridized carbons (Fsp3) is 0.364. The van der Waals surface area contributed by atoms with Gasteiger partial charge in [0.1, 0.15) is 11.6 Å². The summed E-state index contributed by atoms with van der Waals surface area (Å²) in [5.41, 5.74) is 3.28. The maximum absolute atomic E-state index is 13.8. The van der Waals surface area contributed by atoms with E-state index in [9.17, 15) is 14.6 Å². The van der Waals surface area contributed by atoms with Crippen LogP contribution in [0.15, 0.2) is 36.4 Å². The first-order valence-corrected chi connectivity index (χ1v) is 8.94. The van der Waals surface area contributed by atoms with E-state index in [0.717, 1.165) is 27.8 Å². The van der Waals surface area contributed by atoms with Crippen molar-refractivity contribution in [2.75, 3.05) is 0 Å². The van der Waals surface area contributed by atoms with Crippen LogP contribution in [-0.2, 0) is 6.42 Å². The molecular weight excluding hydrogens is 329 g/mol. The van der Waals surface area contributed by atoms with Gasteiger partial charge in [-0.2, -0.15) is 0 Å². The van der Waals surface area contributed by atoms with Gasteiger partial charge in [-0.15, -0.1) is 0 Å². The van der Waals surface area contributed by atoms with Gasteiger partial charge in [-0.25, -0.2) is 4.39 Å². The number of halogens is 1. The van der Waals surface area contributed by atoms with Crippen LogP contribution in [0.2, 0.25) is 0 Å². The number of aromatic hydroxyl groups is 1. The number of phenols is 1. The SMILES string of the molecule is Cc1cc(-n2c(CC(C)(C)O)c(C(C)C)c3c(O)cccc32)ccc1F. The number of aliphatic hydroxyl groups is 1. The minimum Gasteiger partial charge on any atom is -0.507 e. The number of phenolic OH excluding ortho intramolecular Hbond substituents is 1. The Labute approximate surface area is 153 Å². The molecule has 0 radical (unpaired) electrons. The van der Waals surface area contributed by atoms with Gasteiger partial charge in [-0.1, -0.05) is 19.9 Å². The first kappa shape index (κ1) is 18.5. The average Bonchev–Trinajstić information content (AvgIpc) is 2.83. The Bertz CT molecular complexity index is 964. The number of hydrogen-bond acceptors (Lipinski definition) is 2. The molecule has 3 aromatic rings. The Balaban J connectivity index is 2.44. The highest BCUT2D eigenvalue weighted by Crippen LogP contribution is 2.40. The Morgan fingerprint density at radius 3 is 2.42 bits per heavy atom. The molecule has 3 rings (SSSR count). The van der Waals surface area contributed by atoms with Crippen molar-refractivity contribution < 1.29 is 14.6 Å². The third-order valence-corrected chi connectivity index (χ3v) is 4.69. The Morgan fingerprint density at radius 2 is 1.85 bits per heavy atom. The van der Waals surface area contributed by atoms with E-state index in [1.807, 2.05) is 16.7 Å². The summed E-state index contributed by atoms with van der Waals surface area (Å²) in [6.07, 6.45) is 0.422. The third kappa shape index (κ3) is 3.21. The molecule has 0 amide bonds. The fourth-order valence-corrected chi connectivity index (χ4v) is 3.67. The molecule has 0 fully saturated rings.